The third kappa shape index (κ3) is 3.05. The van der Waals surface area contributed by atoms with Gasteiger partial charge in [0, 0.05) is 18.0 Å². The summed E-state index contributed by atoms with van der Waals surface area (Å²) in [7, 11) is 0. The first-order chi connectivity index (χ1) is 9.74. The molecule has 1 saturated carbocycles. The van der Waals surface area contributed by atoms with Gasteiger partial charge in [0.05, 0.1) is 19.3 Å². The van der Waals surface area contributed by atoms with Gasteiger partial charge < -0.3 is 15.2 Å². The molecule has 1 heterocycles. The van der Waals surface area contributed by atoms with Crippen LogP contribution in [0.3, 0.4) is 0 Å². The lowest BCUT2D eigenvalue weighted by Crippen LogP contribution is -2.54. The van der Waals surface area contributed by atoms with Crippen molar-refractivity contribution in [2.75, 3.05) is 13.2 Å². The third-order valence-corrected chi connectivity index (χ3v) is 4.81. The highest BCUT2D eigenvalue weighted by atomic mass is 16.5. The zero-order valence-electron chi connectivity index (χ0n) is 12.2. The maximum atomic E-state index is 10.4. The van der Waals surface area contributed by atoms with E-state index in [1.54, 1.807) is 0 Å². The van der Waals surface area contributed by atoms with Gasteiger partial charge in [-0.05, 0) is 37.7 Å². The molecule has 0 aromatic heterocycles. The monoisotopic (exact) mass is 275 g/mol. The second kappa shape index (κ2) is 6.25. The highest BCUT2D eigenvalue weighted by Gasteiger charge is 2.37. The minimum atomic E-state index is -0.193. The Kier molecular flexibility index (Phi) is 4.39. The predicted molar refractivity (Wildman–Crippen MR) is 79.7 cm³/mol. The van der Waals surface area contributed by atoms with Crippen molar-refractivity contribution in [1.29, 1.82) is 0 Å². The van der Waals surface area contributed by atoms with Gasteiger partial charge in [-0.15, -0.1) is 0 Å². The zero-order valence-corrected chi connectivity index (χ0v) is 12.2. The van der Waals surface area contributed by atoms with Crippen molar-refractivity contribution in [3.8, 4) is 0 Å². The number of morpholine rings is 1. The van der Waals surface area contributed by atoms with Crippen LogP contribution >= 0.6 is 0 Å². The highest BCUT2D eigenvalue weighted by Crippen LogP contribution is 2.38. The lowest BCUT2D eigenvalue weighted by Gasteiger charge is -2.41. The van der Waals surface area contributed by atoms with E-state index in [-0.39, 0.29) is 6.10 Å². The Morgan fingerprint density at radius 2 is 1.95 bits per heavy atom. The molecule has 3 nitrogen and oxygen atoms in total. The van der Waals surface area contributed by atoms with Crippen LogP contribution in [0.5, 0.6) is 0 Å². The molecule has 0 amide bonds. The van der Waals surface area contributed by atoms with Crippen molar-refractivity contribution in [2.45, 2.75) is 50.3 Å². The van der Waals surface area contributed by atoms with Crippen LogP contribution in [-0.2, 0) is 4.74 Å². The maximum absolute atomic E-state index is 10.4. The average molecular weight is 275 g/mol. The van der Waals surface area contributed by atoms with E-state index in [1.807, 2.05) is 0 Å². The molecule has 3 rings (SSSR count). The topological polar surface area (TPSA) is 41.5 Å². The fraction of sp³-hybridized carbons (Fsp3) is 0.647. The fourth-order valence-electron chi connectivity index (χ4n) is 3.73. The van der Waals surface area contributed by atoms with Gasteiger partial charge in [-0.1, -0.05) is 30.3 Å². The van der Waals surface area contributed by atoms with Crippen LogP contribution in [0.2, 0.25) is 0 Å². The van der Waals surface area contributed by atoms with Gasteiger partial charge in [-0.3, -0.25) is 0 Å². The van der Waals surface area contributed by atoms with E-state index >= 15 is 0 Å². The number of hydrogen-bond donors (Lipinski definition) is 2. The predicted octanol–water partition coefficient (Wildman–Crippen LogP) is 2.31. The molecule has 5 unspecified atom stereocenters. The van der Waals surface area contributed by atoms with Gasteiger partial charge in [0.2, 0.25) is 0 Å². The highest BCUT2D eigenvalue weighted by molar-refractivity contribution is 5.20. The van der Waals surface area contributed by atoms with Gasteiger partial charge in [0.15, 0.2) is 0 Å². The van der Waals surface area contributed by atoms with Crippen molar-refractivity contribution < 1.29 is 9.84 Å². The molecule has 2 fully saturated rings. The van der Waals surface area contributed by atoms with Gasteiger partial charge in [-0.25, -0.2) is 0 Å². The summed E-state index contributed by atoms with van der Waals surface area (Å²) in [6.07, 6.45) is 2.85. The number of nitrogens with one attached hydrogen (secondary N) is 1. The smallest absolute Gasteiger partial charge is 0.0624 e. The Morgan fingerprint density at radius 3 is 2.70 bits per heavy atom. The first kappa shape index (κ1) is 14.1. The van der Waals surface area contributed by atoms with Crippen molar-refractivity contribution in [3.63, 3.8) is 0 Å². The van der Waals surface area contributed by atoms with Crippen molar-refractivity contribution >= 4 is 0 Å². The van der Waals surface area contributed by atoms with Crippen LogP contribution in [0.1, 0.15) is 37.7 Å². The van der Waals surface area contributed by atoms with E-state index in [4.69, 9.17) is 4.74 Å². The van der Waals surface area contributed by atoms with E-state index < -0.39 is 0 Å². The summed E-state index contributed by atoms with van der Waals surface area (Å²) in [5.41, 5.74) is 1.41. The van der Waals surface area contributed by atoms with Crippen LogP contribution in [-0.4, -0.2) is 36.5 Å². The molecule has 20 heavy (non-hydrogen) atoms. The molecule has 3 heteroatoms. The lowest BCUT2D eigenvalue weighted by atomic mass is 9.73. The zero-order chi connectivity index (χ0) is 13.9. The molecule has 1 aliphatic carbocycles. The van der Waals surface area contributed by atoms with Crippen molar-refractivity contribution in [2.24, 2.45) is 5.92 Å². The summed E-state index contributed by atoms with van der Waals surface area (Å²) in [6.45, 7) is 3.66. The number of rotatable bonds is 2. The summed E-state index contributed by atoms with van der Waals surface area (Å²) < 4.78 is 5.66. The quantitative estimate of drug-likeness (QED) is 0.870. The summed E-state index contributed by atoms with van der Waals surface area (Å²) in [6, 6.07) is 11.4. The Morgan fingerprint density at radius 1 is 1.15 bits per heavy atom. The molecule has 0 radical (unpaired) electrons. The average Bonchev–Trinajstić information content (AvgIpc) is 2.48. The largest absolute Gasteiger partial charge is 0.393 e. The van der Waals surface area contributed by atoms with Crippen molar-refractivity contribution in [1.82, 2.24) is 5.32 Å². The molecule has 1 aliphatic heterocycles. The van der Waals surface area contributed by atoms with Crippen LogP contribution in [0.15, 0.2) is 30.3 Å². The Balaban J connectivity index is 1.70. The van der Waals surface area contributed by atoms with E-state index in [2.05, 4.69) is 42.6 Å². The van der Waals surface area contributed by atoms with Crippen LogP contribution < -0.4 is 5.32 Å². The molecule has 2 N–H and O–H groups in total. The Hall–Kier alpha value is -0.900. The lowest BCUT2D eigenvalue weighted by molar-refractivity contribution is -0.0215. The van der Waals surface area contributed by atoms with Crippen LogP contribution in [0, 0.1) is 5.92 Å². The number of aliphatic hydroxyl groups is 1. The molecule has 5 atom stereocenters. The Labute approximate surface area is 121 Å². The summed E-state index contributed by atoms with van der Waals surface area (Å²) in [4.78, 5) is 0. The molecule has 0 bridgehead atoms. The number of benzene rings is 1. The van der Waals surface area contributed by atoms with Crippen molar-refractivity contribution in [3.05, 3.63) is 35.9 Å². The van der Waals surface area contributed by atoms with Crippen LogP contribution in [0.25, 0.3) is 0 Å². The first-order valence-corrected chi connectivity index (χ1v) is 7.81. The van der Waals surface area contributed by atoms with Crippen LogP contribution in [0.4, 0.5) is 0 Å². The third-order valence-electron chi connectivity index (χ3n) is 4.81. The van der Waals surface area contributed by atoms with E-state index in [0.29, 0.717) is 23.9 Å². The van der Waals surface area contributed by atoms with E-state index in [0.717, 1.165) is 32.5 Å². The molecule has 1 aromatic carbocycles. The molecule has 1 aromatic rings. The molecular weight excluding hydrogens is 250 g/mol. The SMILES string of the molecule is CC1COCC(C2CC(c3ccccc3)CCC2O)N1. The van der Waals surface area contributed by atoms with E-state index in [9.17, 15) is 5.11 Å². The standard InChI is InChI=1S/C17H25NO2/c1-12-10-20-11-16(18-12)15-9-14(7-8-17(15)19)13-5-3-2-4-6-13/h2-6,12,14-19H,7-11H2,1H3. The number of hydrogen-bond acceptors (Lipinski definition) is 3. The second-order valence-corrected chi connectivity index (χ2v) is 6.36. The summed E-state index contributed by atoms with van der Waals surface area (Å²) in [5.74, 6) is 0.875. The first-order valence-electron chi connectivity index (χ1n) is 7.81. The molecule has 1 saturated heterocycles. The minimum absolute atomic E-state index is 0.193. The molecular formula is C17H25NO2. The molecule has 0 spiro atoms. The van der Waals surface area contributed by atoms with Gasteiger partial charge in [-0.2, -0.15) is 0 Å². The molecule has 110 valence electrons. The maximum Gasteiger partial charge on any atom is 0.0624 e. The summed E-state index contributed by atoms with van der Waals surface area (Å²) >= 11 is 0. The minimum Gasteiger partial charge on any atom is -0.393 e. The second-order valence-electron chi connectivity index (χ2n) is 6.36. The normalized spacial score (nSPS) is 38.6. The van der Waals surface area contributed by atoms with E-state index in [1.165, 1.54) is 5.56 Å². The fourth-order valence-corrected chi connectivity index (χ4v) is 3.73. The number of ether oxygens (including phenoxy) is 1. The van der Waals surface area contributed by atoms with Gasteiger partial charge in [0.25, 0.3) is 0 Å². The number of aliphatic hydroxyl groups excluding tert-OH is 1. The molecule has 2 aliphatic rings. The van der Waals surface area contributed by atoms with Gasteiger partial charge in [0.1, 0.15) is 0 Å². The Bertz CT molecular complexity index is 422. The van der Waals surface area contributed by atoms with Gasteiger partial charge >= 0.3 is 0 Å². The summed E-state index contributed by atoms with van der Waals surface area (Å²) in [5, 5.41) is 14.0.